The van der Waals surface area contributed by atoms with Gasteiger partial charge in [0, 0.05) is 0 Å². The van der Waals surface area contributed by atoms with Gasteiger partial charge in [-0.05, 0) is 59.5 Å². The summed E-state index contributed by atoms with van der Waals surface area (Å²) < 4.78 is 63.5. The van der Waals surface area contributed by atoms with Crippen LogP contribution >= 0.6 is 0 Å². The summed E-state index contributed by atoms with van der Waals surface area (Å²) in [7, 11) is -6.23. The van der Waals surface area contributed by atoms with Crippen LogP contribution in [0.1, 0.15) is 26.3 Å². The van der Waals surface area contributed by atoms with E-state index in [9.17, 15) is 21.8 Å². The average molecular weight is 479 g/mol. The lowest BCUT2D eigenvalue weighted by molar-refractivity contribution is 0.0279. The van der Waals surface area contributed by atoms with Crippen LogP contribution in [-0.4, -0.2) is 24.8 Å². The first-order valence-electron chi connectivity index (χ1n) is 9.84. The third-order valence-corrected chi connectivity index (χ3v) is 7.85. The zero-order chi connectivity index (χ0) is 23.6. The van der Waals surface area contributed by atoms with E-state index >= 15 is 0 Å². The van der Waals surface area contributed by atoms with E-state index < -0.39 is 32.9 Å². The Hall–Kier alpha value is -2.42. The Bertz CT molecular complexity index is 1140. The fourth-order valence-electron chi connectivity index (χ4n) is 2.97. The van der Waals surface area contributed by atoms with Crippen LogP contribution in [0.2, 0.25) is 0 Å². The predicted octanol–water partition coefficient (Wildman–Crippen LogP) is 5.60. The van der Waals surface area contributed by atoms with E-state index in [1.807, 2.05) is 30.3 Å². The molecule has 3 aromatic carbocycles. The van der Waals surface area contributed by atoms with E-state index in [4.69, 9.17) is 4.74 Å². The number of alkyl halides is 2. The van der Waals surface area contributed by atoms with Gasteiger partial charge in [0.2, 0.25) is 0 Å². The molecule has 0 fully saturated rings. The molecule has 3 aromatic rings. The normalized spacial score (nSPS) is 13.6. The summed E-state index contributed by atoms with van der Waals surface area (Å²) in [5.41, 5.74) is 1.25. The Morgan fingerprint density at radius 1 is 0.812 bits per heavy atom. The van der Waals surface area contributed by atoms with Gasteiger partial charge in [0.15, 0.2) is 31.4 Å². The first-order chi connectivity index (χ1) is 14.9. The molecule has 0 spiro atoms. The van der Waals surface area contributed by atoms with Crippen molar-refractivity contribution < 1.29 is 26.5 Å². The molecule has 170 valence electrons. The smallest absolute Gasteiger partial charge is 0.367 e. The molecule has 0 saturated heterocycles. The SMILES string of the molecule is CC(C)(C)c1ccc([S+](c2ccccc2)c2ccc(OCC(F)(F)S(=O)(=O)[O-])cc2)cc1. The zero-order valence-corrected chi connectivity index (χ0v) is 19.6. The zero-order valence-electron chi connectivity index (χ0n) is 17.9. The molecule has 0 N–H and O–H groups in total. The predicted molar refractivity (Wildman–Crippen MR) is 120 cm³/mol. The van der Waals surface area contributed by atoms with E-state index in [-0.39, 0.29) is 11.2 Å². The van der Waals surface area contributed by atoms with Crippen LogP contribution in [-0.2, 0) is 26.4 Å². The van der Waals surface area contributed by atoms with Crippen molar-refractivity contribution >= 4 is 21.0 Å². The van der Waals surface area contributed by atoms with Gasteiger partial charge in [0.25, 0.3) is 0 Å². The lowest BCUT2D eigenvalue weighted by atomic mass is 9.87. The fraction of sp³-hybridized carbons (Fsp3) is 0.250. The highest BCUT2D eigenvalue weighted by molar-refractivity contribution is 7.97. The van der Waals surface area contributed by atoms with Crippen molar-refractivity contribution in [2.24, 2.45) is 0 Å². The first kappa shape index (κ1) is 24.2. The third kappa shape index (κ3) is 5.68. The lowest BCUT2D eigenvalue weighted by Crippen LogP contribution is -2.35. The molecule has 0 bridgehead atoms. The van der Waals surface area contributed by atoms with E-state index in [1.54, 1.807) is 12.1 Å². The largest absolute Gasteiger partial charge is 0.743 e. The first-order valence-corrected chi connectivity index (χ1v) is 12.5. The van der Waals surface area contributed by atoms with Gasteiger partial charge in [-0.3, -0.25) is 0 Å². The summed E-state index contributed by atoms with van der Waals surface area (Å²) in [6.45, 7) is 4.93. The van der Waals surface area contributed by atoms with Crippen LogP contribution in [0.5, 0.6) is 5.75 Å². The summed E-state index contributed by atoms with van der Waals surface area (Å²) in [5.74, 6) is 0.0526. The molecule has 0 aliphatic rings. The molecule has 1 atom stereocenters. The second-order valence-electron chi connectivity index (χ2n) is 8.25. The van der Waals surface area contributed by atoms with Crippen LogP contribution in [0.25, 0.3) is 0 Å². The minimum Gasteiger partial charge on any atom is -0.743 e. The molecule has 0 heterocycles. The molecule has 0 aliphatic heterocycles. The van der Waals surface area contributed by atoms with Gasteiger partial charge in [0.05, 0.1) is 10.9 Å². The average Bonchev–Trinajstić information content (AvgIpc) is 2.73. The Morgan fingerprint density at radius 3 is 1.75 bits per heavy atom. The van der Waals surface area contributed by atoms with Crippen LogP contribution < -0.4 is 4.74 Å². The Balaban J connectivity index is 1.90. The summed E-state index contributed by atoms with van der Waals surface area (Å²) in [6, 6.07) is 24.8. The van der Waals surface area contributed by atoms with Gasteiger partial charge in [-0.15, -0.1) is 0 Å². The topological polar surface area (TPSA) is 66.4 Å². The van der Waals surface area contributed by atoms with Gasteiger partial charge < -0.3 is 9.29 Å². The molecule has 1 unspecified atom stereocenters. The monoisotopic (exact) mass is 478 g/mol. The summed E-state index contributed by atoms with van der Waals surface area (Å²) in [6.07, 6.45) is 0. The van der Waals surface area contributed by atoms with E-state index in [1.165, 1.54) is 17.7 Å². The molecular formula is C24H24F2O4S2. The highest BCUT2D eigenvalue weighted by Crippen LogP contribution is 2.34. The van der Waals surface area contributed by atoms with Crippen molar-refractivity contribution in [2.75, 3.05) is 6.61 Å². The Kier molecular flexibility index (Phi) is 6.97. The number of rotatable bonds is 7. The molecule has 3 rings (SSSR count). The molecule has 0 saturated carbocycles. The van der Waals surface area contributed by atoms with Crippen LogP contribution in [0.3, 0.4) is 0 Å². The molecule has 0 radical (unpaired) electrons. The summed E-state index contributed by atoms with van der Waals surface area (Å²) in [4.78, 5) is 3.13. The summed E-state index contributed by atoms with van der Waals surface area (Å²) in [5, 5.41) is -4.49. The Morgan fingerprint density at radius 2 is 1.28 bits per heavy atom. The van der Waals surface area contributed by atoms with E-state index in [0.29, 0.717) is 0 Å². The molecule has 4 nitrogen and oxygen atoms in total. The van der Waals surface area contributed by atoms with Crippen molar-refractivity contribution in [3.05, 3.63) is 84.4 Å². The molecule has 0 amide bonds. The van der Waals surface area contributed by atoms with Gasteiger partial charge in [-0.2, -0.15) is 8.78 Å². The van der Waals surface area contributed by atoms with E-state index in [2.05, 4.69) is 45.0 Å². The minimum absolute atomic E-state index is 0.0303. The number of hydrogen-bond donors (Lipinski definition) is 0. The molecule has 32 heavy (non-hydrogen) atoms. The Labute approximate surface area is 190 Å². The van der Waals surface area contributed by atoms with Crippen molar-refractivity contribution in [2.45, 2.75) is 46.1 Å². The number of benzene rings is 3. The maximum absolute atomic E-state index is 13.4. The van der Waals surface area contributed by atoms with Crippen LogP contribution in [0.4, 0.5) is 8.78 Å². The number of hydrogen-bond acceptors (Lipinski definition) is 4. The van der Waals surface area contributed by atoms with E-state index in [0.717, 1.165) is 14.7 Å². The summed E-state index contributed by atoms with van der Waals surface area (Å²) >= 11 is 0. The second kappa shape index (κ2) is 9.21. The standard InChI is InChI=1S/C24H24F2O4S2/c1-23(2,3)18-9-13-21(14-10-18)31(20-7-5-4-6-8-20)22-15-11-19(12-16-22)30-17-24(25,26)32(27,28)29/h4-16H,17H2,1-3H3. The van der Waals surface area contributed by atoms with Crippen LogP contribution in [0.15, 0.2) is 93.5 Å². The molecule has 8 heteroatoms. The van der Waals surface area contributed by atoms with Crippen molar-refractivity contribution in [1.82, 2.24) is 0 Å². The van der Waals surface area contributed by atoms with Crippen molar-refractivity contribution in [3.63, 3.8) is 0 Å². The van der Waals surface area contributed by atoms with Crippen molar-refractivity contribution in [3.8, 4) is 5.75 Å². The third-order valence-electron chi connectivity index (χ3n) is 4.77. The lowest BCUT2D eigenvalue weighted by Gasteiger charge is -2.20. The van der Waals surface area contributed by atoms with Crippen LogP contribution in [0, 0.1) is 0 Å². The molecule has 0 aromatic heterocycles. The molecular weight excluding hydrogens is 454 g/mol. The molecule has 0 aliphatic carbocycles. The number of ether oxygens (including phenoxy) is 1. The maximum Gasteiger partial charge on any atom is 0.367 e. The van der Waals surface area contributed by atoms with Crippen molar-refractivity contribution in [1.29, 1.82) is 0 Å². The quantitative estimate of drug-likeness (QED) is 0.328. The number of halogens is 2. The van der Waals surface area contributed by atoms with Gasteiger partial charge in [-0.1, -0.05) is 51.1 Å². The van der Waals surface area contributed by atoms with Gasteiger partial charge in [-0.25, -0.2) is 8.42 Å². The van der Waals surface area contributed by atoms with Gasteiger partial charge in [0.1, 0.15) is 5.75 Å². The highest BCUT2D eigenvalue weighted by atomic mass is 32.2. The fourth-order valence-corrected chi connectivity index (χ4v) is 5.23. The minimum atomic E-state index is -5.79. The maximum atomic E-state index is 13.4. The second-order valence-corrected chi connectivity index (χ2v) is 11.8. The highest BCUT2D eigenvalue weighted by Gasteiger charge is 2.38. The van der Waals surface area contributed by atoms with Gasteiger partial charge >= 0.3 is 5.25 Å².